The molecule has 2 aromatic heterocycles. The van der Waals surface area contributed by atoms with E-state index in [-0.39, 0.29) is 11.7 Å². The first-order valence-corrected chi connectivity index (χ1v) is 9.48. The fourth-order valence-corrected chi connectivity index (χ4v) is 3.34. The van der Waals surface area contributed by atoms with Crippen LogP contribution in [0.4, 0.5) is 20.6 Å². The number of benzene rings is 2. The molecule has 1 unspecified atom stereocenters. The number of urea groups is 1. The van der Waals surface area contributed by atoms with E-state index in [0.29, 0.717) is 10.7 Å². The maximum atomic E-state index is 13.9. The van der Waals surface area contributed by atoms with Crippen molar-refractivity contribution < 1.29 is 9.18 Å². The van der Waals surface area contributed by atoms with Crippen molar-refractivity contribution in [1.82, 2.24) is 14.5 Å². The topological polar surface area (TPSA) is 71.8 Å². The lowest BCUT2D eigenvalue weighted by atomic mass is 9.99. The predicted molar refractivity (Wildman–Crippen MR) is 114 cm³/mol. The van der Waals surface area contributed by atoms with Crippen molar-refractivity contribution in [3.8, 4) is 0 Å². The second-order valence-corrected chi connectivity index (χ2v) is 6.96. The van der Waals surface area contributed by atoms with E-state index in [1.807, 2.05) is 41.1 Å². The lowest BCUT2D eigenvalue weighted by Crippen LogP contribution is -2.20. The highest BCUT2D eigenvalue weighted by molar-refractivity contribution is 6.30. The highest BCUT2D eigenvalue weighted by atomic mass is 35.5. The second-order valence-electron chi connectivity index (χ2n) is 6.52. The molecule has 2 heterocycles. The van der Waals surface area contributed by atoms with Gasteiger partial charge in [0.05, 0.1) is 18.1 Å². The first-order chi connectivity index (χ1) is 14.6. The van der Waals surface area contributed by atoms with Crippen LogP contribution in [0.1, 0.15) is 17.2 Å². The molecule has 0 bridgehead atoms. The van der Waals surface area contributed by atoms with Crippen LogP contribution >= 0.6 is 11.6 Å². The Morgan fingerprint density at radius 3 is 2.57 bits per heavy atom. The zero-order chi connectivity index (χ0) is 20.9. The number of amides is 2. The second kappa shape index (κ2) is 8.75. The van der Waals surface area contributed by atoms with Crippen LogP contribution in [-0.2, 0) is 0 Å². The van der Waals surface area contributed by atoms with Gasteiger partial charge >= 0.3 is 6.03 Å². The van der Waals surface area contributed by atoms with Crippen LogP contribution in [0.5, 0.6) is 0 Å². The number of pyridine rings is 1. The van der Waals surface area contributed by atoms with Crippen molar-refractivity contribution in [2.24, 2.45) is 0 Å². The monoisotopic (exact) mass is 421 g/mol. The van der Waals surface area contributed by atoms with Gasteiger partial charge in [-0.05, 0) is 53.6 Å². The number of carbonyl (C=O) groups is 1. The number of carbonyl (C=O) groups excluding carboxylic acids is 1. The Balaban J connectivity index is 1.58. The highest BCUT2D eigenvalue weighted by Gasteiger charge is 2.17. The summed E-state index contributed by atoms with van der Waals surface area (Å²) >= 11 is 5.87. The molecule has 0 radical (unpaired) electrons. The minimum Gasteiger partial charge on any atom is -0.326 e. The number of imidazole rings is 1. The number of hydrogen-bond acceptors (Lipinski definition) is 3. The molecule has 0 fully saturated rings. The molecule has 8 heteroatoms. The summed E-state index contributed by atoms with van der Waals surface area (Å²) in [5, 5.41) is 5.53. The smallest absolute Gasteiger partial charge is 0.323 e. The summed E-state index contributed by atoms with van der Waals surface area (Å²) in [4.78, 5) is 20.6. The lowest BCUT2D eigenvalue weighted by molar-refractivity contribution is 0.262. The molecule has 2 N–H and O–H groups in total. The number of aromatic nitrogens is 3. The van der Waals surface area contributed by atoms with Gasteiger partial charge in [0, 0.05) is 35.5 Å². The van der Waals surface area contributed by atoms with Crippen LogP contribution < -0.4 is 10.6 Å². The van der Waals surface area contributed by atoms with Crippen LogP contribution in [0.25, 0.3) is 0 Å². The molecule has 2 amide bonds. The van der Waals surface area contributed by atoms with E-state index in [0.717, 1.165) is 11.1 Å². The van der Waals surface area contributed by atoms with Crippen molar-refractivity contribution in [3.05, 3.63) is 108 Å². The van der Waals surface area contributed by atoms with Gasteiger partial charge in [-0.1, -0.05) is 23.7 Å². The third-order valence-electron chi connectivity index (χ3n) is 4.48. The fourth-order valence-electron chi connectivity index (χ4n) is 3.17. The summed E-state index contributed by atoms with van der Waals surface area (Å²) in [7, 11) is 0. The molecular formula is C22H17ClFN5O. The minimum atomic E-state index is -0.573. The van der Waals surface area contributed by atoms with E-state index >= 15 is 0 Å². The Labute approximate surface area is 177 Å². The Hall–Kier alpha value is -3.71. The first-order valence-electron chi connectivity index (χ1n) is 9.10. The fraction of sp³-hybridized carbons (Fsp3) is 0.0455. The third kappa shape index (κ3) is 4.47. The quantitative estimate of drug-likeness (QED) is 0.456. The van der Waals surface area contributed by atoms with Crippen molar-refractivity contribution in [2.45, 2.75) is 6.04 Å². The number of nitrogens with one attached hydrogen (secondary N) is 2. The Kier molecular flexibility index (Phi) is 5.72. The molecule has 0 aliphatic carbocycles. The zero-order valence-electron chi connectivity index (χ0n) is 15.7. The van der Waals surface area contributed by atoms with E-state index in [4.69, 9.17) is 11.6 Å². The maximum Gasteiger partial charge on any atom is 0.323 e. The number of nitrogens with zero attached hydrogens (tertiary/aromatic N) is 3. The van der Waals surface area contributed by atoms with Crippen LogP contribution in [0.2, 0.25) is 5.02 Å². The summed E-state index contributed by atoms with van der Waals surface area (Å²) in [6, 6.07) is 14.5. The van der Waals surface area contributed by atoms with Crippen molar-refractivity contribution in [2.75, 3.05) is 10.6 Å². The molecular weight excluding hydrogens is 405 g/mol. The van der Waals surface area contributed by atoms with Gasteiger partial charge in [0.25, 0.3) is 0 Å². The summed E-state index contributed by atoms with van der Waals surface area (Å²) in [5.41, 5.74) is 2.52. The molecule has 6 nitrogen and oxygen atoms in total. The van der Waals surface area contributed by atoms with Gasteiger partial charge in [0.15, 0.2) is 0 Å². The summed E-state index contributed by atoms with van der Waals surface area (Å²) in [6.07, 6.45) is 8.78. The summed E-state index contributed by atoms with van der Waals surface area (Å²) in [6.45, 7) is 0. The number of halogens is 2. The van der Waals surface area contributed by atoms with E-state index in [1.54, 1.807) is 31.0 Å². The van der Waals surface area contributed by atoms with E-state index in [2.05, 4.69) is 20.6 Å². The van der Waals surface area contributed by atoms with Crippen LogP contribution in [0, 0.1) is 5.82 Å². The highest BCUT2D eigenvalue weighted by Crippen LogP contribution is 2.28. The molecule has 4 rings (SSSR count). The van der Waals surface area contributed by atoms with Crippen molar-refractivity contribution in [3.63, 3.8) is 0 Å². The van der Waals surface area contributed by atoms with Crippen molar-refractivity contribution in [1.29, 1.82) is 0 Å². The number of hydrogen-bond donors (Lipinski definition) is 2. The van der Waals surface area contributed by atoms with E-state index < -0.39 is 11.8 Å². The predicted octanol–water partition coefficient (Wildman–Crippen LogP) is 5.35. The summed E-state index contributed by atoms with van der Waals surface area (Å²) < 4.78 is 15.8. The lowest BCUT2D eigenvalue weighted by Gasteiger charge is -2.20. The molecule has 0 saturated heterocycles. The molecule has 30 heavy (non-hydrogen) atoms. The molecule has 1 atom stereocenters. The normalized spacial score (nSPS) is 11.7. The van der Waals surface area contributed by atoms with Gasteiger partial charge in [-0.25, -0.2) is 14.2 Å². The standard InChI is InChI=1S/C22H17ClFN5O/c23-17-4-5-19(24)20(13-17)28-22(30)27-18-3-1-2-16(12-18)21(29-11-10-26-14-29)15-6-8-25-9-7-15/h1-14,21H,(H2,27,28,30). The van der Waals surface area contributed by atoms with Crippen LogP contribution in [0.3, 0.4) is 0 Å². The molecule has 0 spiro atoms. The van der Waals surface area contributed by atoms with Gasteiger partial charge in [0.2, 0.25) is 0 Å². The average Bonchev–Trinajstić information content (AvgIpc) is 3.26. The maximum absolute atomic E-state index is 13.9. The summed E-state index contributed by atoms with van der Waals surface area (Å²) in [5.74, 6) is -0.568. The Morgan fingerprint density at radius 1 is 0.967 bits per heavy atom. The van der Waals surface area contributed by atoms with Gasteiger partial charge in [-0.2, -0.15) is 0 Å². The Morgan fingerprint density at radius 2 is 1.80 bits per heavy atom. The zero-order valence-corrected chi connectivity index (χ0v) is 16.4. The number of rotatable bonds is 5. The molecule has 0 saturated carbocycles. The average molecular weight is 422 g/mol. The number of anilines is 2. The first kappa shape index (κ1) is 19.6. The largest absolute Gasteiger partial charge is 0.326 e. The van der Waals surface area contributed by atoms with Crippen LogP contribution in [-0.4, -0.2) is 20.6 Å². The van der Waals surface area contributed by atoms with E-state index in [1.165, 1.54) is 18.2 Å². The third-order valence-corrected chi connectivity index (χ3v) is 4.72. The van der Waals surface area contributed by atoms with E-state index in [9.17, 15) is 9.18 Å². The van der Waals surface area contributed by atoms with Gasteiger partial charge in [-0.15, -0.1) is 0 Å². The molecule has 150 valence electrons. The minimum absolute atomic E-state index is 0.00392. The molecule has 0 aliphatic rings. The Bertz CT molecular complexity index is 1150. The molecule has 2 aromatic carbocycles. The SMILES string of the molecule is O=C(Nc1cccc(C(c2ccncc2)n2ccnc2)c1)Nc1cc(Cl)ccc1F. The van der Waals surface area contributed by atoms with Gasteiger partial charge < -0.3 is 15.2 Å². The van der Waals surface area contributed by atoms with Gasteiger partial charge in [-0.3, -0.25) is 4.98 Å². The molecule has 4 aromatic rings. The van der Waals surface area contributed by atoms with Gasteiger partial charge in [0.1, 0.15) is 5.82 Å². The van der Waals surface area contributed by atoms with Crippen molar-refractivity contribution >= 4 is 29.0 Å². The van der Waals surface area contributed by atoms with Crippen LogP contribution in [0.15, 0.2) is 85.7 Å². The molecule has 0 aliphatic heterocycles.